The Hall–Kier alpha value is -3.19. The van der Waals surface area contributed by atoms with Crippen molar-refractivity contribution in [2.24, 2.45) is 7.05 Å². The molecule has 0 amide bonds. The maximum atomic E-state index is 8.72. The lowest BCUT2D eigenvalue weighted by Gasteiger charge is -2.28. The van der Waals surface area contributed by atoms with Crippen molar-refractivity contribution in [1.82, 2.24) is 14.8 Å². The number of hydrogen-bond donors (Lipinski definition) is 2. The molecule has 0 aliphatic carbocycles. The molecule has 1 fully saturated rings. The molecule has 7 heteroatoms. The quantitative estimate of drug-likeness (QED) is 0.549. The van der Waals surface area contributed by atoms with Crippen LogP contribution in [0.25, 0.3) is 11.3 Å². The Morgan fingerprint density at radius 3 is 2.67 bits per heavy atom. The molecule has 1 aliphatic heterocycles. The molecule has 7 nitrogen and oxygen atoms in total. The van der Waals surface area contributed by atoms with Crippen LogP contribution in [0.3, 0.4) is 0 Å². The van der Waals surface area contributed by atoms with Gasteiger partial charge in [-0.2, -0.15) is 5.10 Å². The third-order valence-electron chi connectivity index (χ3n) is 4.81. The fraction of sp³-hybridized carbons (Fsp3) is 0.250. The number of nitrogens with zero attached hydrogens (tertiary/aromatic N) is 4. The molecular formula is C20H22N6O. The summed E-state index contributed by atoms with van der Waals surface area (Å²) in [5, 5.41) is 12.9. The minimum Gasteiger partial charge on any atom is -0.398 e. The van der Waals surface area contributed by atoms with Gasteiger partial charge >= 0.3 is 0 Å². The number of morpholine rings is 1. The van der Waals surface area contributed by atoms with E-state index in [4.69, 9.17) is 15.9 Å². The molecule has 1 aromatic carbocycles. The van der Waals surface area contributed by atoms with E-state index in [1.54, 1.807) is 12.4 Å². The molecule has 0 radical (unpaired) electrons. The number of nitrogens with two attached hydrogens (primary N) is 1. The summed E-state index contributed by atoms with van der Waals surface area (Å²) in [5.74, 6) is 0.863. The first-order valence-corrected chi connectivity index (χ1v) is 8.89. The Bertz CT molecular complexity index is 974. The number of nitrogens with one attached hydrogen (secondary N) is 1. The van der Waals surface area contributed by atoms with Crippen LogP contribution >= 0.6 is 0 Å². The zero-order valence-electron chi connectivity index (χ0n) is 15.2. The standard InChI is InChI=1S/C20H22N6O/c1-25-18(5-7-24-25)14-2-3-17(21)16(12-14)20(22)15-4-6-23-19(13-15)26-8-10-27-11-9-26/h2-7,12-13,22H,8-11,21H2,1H3. The normalized spacial score (nSPS) is 14.3. The molecule has 1 aliphatic rings. The molecule has 0 spiro atoms. The van der Waals surface area contributed by atoms with E-state index in [-0.39, 0.29) is 0 Å². The van der Waals surface area contributed by atoms with Crippen LogP contribution in [-0.4, -0.2) is 46.8 Å². The number of pyridine rings is 1. The summed E-state index contributed by atoms with van der Waals surface area (Å²) in [7, 11) is 1.90. The van der Waals surface area contributed by atoms with E-state index >= 15 is 0 Å². The minimum atomic E-state index is 0.383. The number of nitrogen functional groups attached to an aromatic ring is 1. The average molecular weight is 362 g/mol. The topological polar surface area (TPSA) is 93.0 Å². The zero-order chi connectivity index (χ0) is 18.8. The Labute approximate surface area is 157 Å². The molecule has 3 heterocycles. The van der Waals surface area contributed by atoms with Crippen molar-refractivity contribution in [3.63, 3.8) is 0 Å². The van der Waals surface area contributed by atoms with Crippen molar-refractivity contribution in [3.8, 4) is 11.3 Å². The molecule has 0 unspecified atom stereocenters. The van der Waals surface area contributed by atoms with Crippen molar-refractivity contribution in [3.05, 3.63) is 59.9 Å². The zero-order valence-corrected chi connectivity index (χ0v) is 15.2. The molecule has 0 atom stereocenters. The van der Waals surface area contributed by atoms with Crippen LogP contribution in [-0.2, 0) is 11.8 Å². The van der Waals surface area contributed by atoms with E-state index in [9.17, 15) is 0 Å². The van der Waals surface area contributed by atoms with Crippen LogP contribution in [0.1, 0.15) is 11.1 Å². The Kier molecular flexibility index (Phi) is 4.60. The SMILES string of the molecule is Cn1nccc1-c1ccc(N)c(C(=N)c2ccnc(N3CCOCC3)c2)c1. The summed E-state index contributed by atoms with van der Waals surface area (Å²) >= 11 is 0. The second kappa shape index (κ2) is 7.20. The lowest BCUT2D eigenvalue weighted by Crippen LogP contribution is -2.36. The minimum absolute atomic E-state index is 0.383. The van der Waals surface area contributed by atoms with Crippen LogP contribution < -0.4 is 10.6 Å². The second-order valence-electron chi connectivity index (χ2n) is 6.52. The Morgan fingerprint density at radius 1 is 1.11 bits per heavy atom. The maximum absolute atomic E-state index is 8.72. The van der Waals surface area contributed by atoms with E-state index < -0.39 is 0 Å². The highest BCUT2D eigenvalue weighted by Crippen LogP contribution is 2.26. The monoisotopic (exact) mass is 362 g/mol. The maximum Gasteiger partial charge on any atom is 0.129 e. The molecule has 138 valence electrons. The van der Waals surface area contributed by atoms with E-state index in [0.29, 0.717) is 30.2 Å². The summed E-state index contributed by atoms with van der Waals surface area (Å²) in [6, 6.07) is 11.5. The van der Waals surface area contributed by atoms with Gasteiger partial charge < -0.3 is 15.4 Å². The lowest BCUT2D eigenvalue weighted by atomic mass is 9.98. The van der Waals surface area contributed by atoms with E-state index in [1.165, 1.54) is 0 Å². The number of ether oxygens (including phenoxy) is 1. The van der Waals surface area contributed by atoms with Crippen molar-refractivity contribution in [2.75, 3.05) is 36.9 Å². The average Bonchev–Trinajstić information content (AvgIpc) is 3.14. The molecule has 3 N–H and O–H groups in total. The molecule has 3 aromatic rings. The van der Waals surface area contributed by atoms with E-state index in [0.717, 1.165) is 35.7 Å². The number of aromatic nitrogens is 3. The van der Waals surface area contributed by atoms with Gasteiger partial charge in [0.25, 0.3) is 0 Å². The van der Waals surface area contributed by atoms with Gasteiger partial charge in [-0.25, -0.2) is 4.98 Å². The van der Waals surface area contributed by atoms with E-state index in [1.807, 2.05) is 48.1 Å². The highest BCUT2D eigenvalue weighted by atomic mass is 16.5. The van der Waals surface area contributed by atoms with Crippen LogP contribution in [0.4, 0.5) is 11.5 Å². The van der Waals surface area contributed by atoms with Crippen LogP contribution in [0.5, 0.6) is 0 Å². The van der Waals surface area contributed by atoms with Gasteiger partial charge in [0.2, 0.25) is 0 Å². The third kappa shape index (κ3) is 3.41. The van der Waals surface area contributed by atoms with Gasteiger partial charge in [-0.3, -0.25) is 10.1 Å². The first kappa shape index (κ1) is 17.2. The van der Waals surface area contributed by atoms with Crippen LogP contribution in [0.2, 0.25) is 0 Å². The molecule has 27 heavy (non-hydrogen) atoms. The smallest absolute Gasteiger partial charge is 0.129 e. The third-order valence-corrected chi connectivity index (χ3v) is 4.81. The van der Waals surface area contributed by atoms with Gasteiger partial charge in [-0.15, -0.1) is 0 Å². The van der Waals surface area contributed by atoms with Gasteiger partial charge in [0.05, 0.1) is 24.6 Å². The fourth-order valence-electron chi connectivity index (χ4n) is 3.28. The Balaban J connectivity index is 1.67. The second-order valence-corrected chi connectivity index (χ2v) is 6.52. The van der Waals surface area contributed by atoms with Crippen molar-refractivity contribution in [2.45, 2.75) is 0 Å². The van der Waals surface area contributed by atoms with Gasteiger partial charge in [-0.05, 0) is 30.3 Å². The van der Waals surface area contributed by atoms with Crippen LogP contribution in [0.15, 0.2) is 48.8 Å². The Morgan fingerprint density at radius 2 is 1.93 bits per heavy atom. The molecular weight excluding hydrogens is 340 g/mol. The van der Waals surface area contributed by atoms with Gasteiger partial charge in [0.15, 0.2) is 0 Å². The highest BCUT2D eigenvalue weighted by Gasteiger charge is 2.16. The van der Waals surface area contributed by atoms with Crippen molar-refractivity contribution < 1.29 is 4.74 Å². The molecule has 1 saturated heterocycles. The predicted molar refractivity (Wildman–Crippen MR) is 106 cm³/mol. The van der Waals surface area contributed by atoms with E-state index in [2.05, 4.69) is 15.0 Å². The number of anilines is 2. The highest BCUT2D eigenvalue weighted by molar-refractivity contribution is 6.14. The van der Waals surface area contributed by atoms with Crippen molar-refractivity contribution >= 4 is 17.2 Å². The molecule has 2 aromatic heterocycles. The first-order valence-electron chi connectivity index (χ1n) is 8.89. The van der Waals surface area contributed by atoms with Crippen LogP contribution in [0, 0.1) is 5.41 Å². The fourth-order valence-corrected chi connectivity index (χ4v) is 3.28. The van der Waals surface area contributed by atoms with Crippen molar-refractivity contribution in [1.29, 1.82) is 5.41 Å². The summed E-state index contributed by atoms with van der Waals surface area (Å²) in [5.41, 5.74) is 10.6. The predicted octanol–water partition coefficient (Wildman–Crippen LogP) is 2.32. The summed E-state index contributed by atoms with van der Waals surface area (Å²) in [4.78, 5) is 6.64. The molecule has 4 rings (SSSR count). The first-order chi connectivity index (χ1) is 13.1. The van der Waals surface area contributed by atoms with Gasteiger partial charge in [0.1, 0.15) is 5.82 Å². The summed E-state index contributed by atoms with van der Waals surface area (Å²) in [6.45, 7) is 3.01. The number of benzene rings is 1. The lowest BCUT2D eigenvalue weighted by molar-refractivity contribution is 0.122. The number of hydrogen-bond acceptors (Lipinski definition) is 6. The largest absolute Gasteiger partial charge is 0.398 e. The summed E-state index contributed by atoms with van der Waals surface area (Å²) < 4.78 is 7.21. The molecule has 0 bridgehead atoms. The van der Waals surface area contributed by atoms with Gasteiger partial charge in [0, 0.05) is 54.9 Å². The molecule has 0 saturated carbocycles. The van der Waals surface area contributed by atoms with Gasteiger partial charge in [-0.1, -0.05) is 6.07 Å². The number of rotatable bonds is 4. The summed E-state index contributed by atoms with van der Waals surface area (Å²) in [6.07, 6.45) is 3.50. The number of aryl methyl sites for hydroxylation is 1.